The van der Waals surface area contributed by atoms with Crippen molar-refractivity contribution in [3.05, 3.63) is 84.1 Å². The molecule has 0 radical (unpaired) electrons. The molecule has 1 spiro atoms. The molecule has 6 heteroatoms. The average Bonchev–Trinajstić information content (AvgIpc) is 3.25. The molecule has 0 amide bonds. The van der Waals surface area contributed by atoms with Gasteiger partial charge in [-0.3, -0.25) is 4.90 Å². The number of nitrogens with zero attached hydrogens (tertiary/aromatic N) is 3. The number of ether oxygens (including phenoxy) is 1. The van der Waals surface area contributed by atoms with Gasteiger partial charge in [0.15, 0.2) is 11.6 Å². The van der Waals surface area contributed by atoms with Crippen molar-refractivity contribution in [2.45, 2.75) is 25.1 Å². The molecule has 0 atom stereocenters. The van der Waals surface area contributed by atoms with Crippen LogP contribution in [-0.2, 0) is 11.4 Å². The monoisotopic (exact) mass is 414 g/mol. The van der Waals surface area contributed by atoms with Crippen LogP contribution in [0.5, 0.6) is 5.88 Å². The molecule has 5 rings (SSSR count). The van der Waals surface area contributed by atoms with Crippen LogP contribution < -0.4 is 10.2 Å². The van der Waals surface area contributed by atoms with Gasteiger partial charge in [-0.15, -0.1) is 0 Å². The highest BCUT2D eigenvalue weighted by Crippen LogP contribution is 2.32. The van der Waals surface area contributed by atoms with E-state index in [-0.39, 0.29) is 0 Å². The summed E-state index contributed by atoms with van der Waals surface area (Å²) in [6.45, 7) is 2.91. The number of methoxy groups -OCH3 is 1. The highest BCUT2D eigenvalue weighted by atomic mass is 16.7. The summed E-state index contributed by atoms with van der Waals surface area (Å²) in [6.07, 6.45) is 3.52. The molecule has 0 unspecified atom stereocenters. The van der Waals surface area contributed by atoms with E-state index in [0.29, 0.717) is 5.88 Å². The molecule has 3 aromatic rings. The number of rotatable bonds is 5. The molecule has 158 valence electrons. The number of aromatic nitrogens is 1. The fourth-order valence-corrected chi connectivity index (χ4v) is 4.15. The number of benzene rings is 2. The minimum Gasteiger partial charge on any atom is -0.481 e. The number of pyridine rings is 1. The maximum atomic E-state index is 5.99. The Morgan fingerprint density at radius 1 is 0.968 bits per heavy atom. The largest absolute Gasteiger partial charge is 0.481 e. The van der Waals surface area contributed by atoms with Crippen molar-refractivity contribution in [3.8, 4) is 17.0 Å². The van der Waals surface area contributed by atoms with Crippen LogP contribution >= 0.6 is 0 Å². The number of aliphatic imine (C=N–C) groups is 1. The number of hydroxylamine groups is 1. The van der Waals surface area contributed by atoms with Gasteiger partial charge in [-0.05, 0) is 22.8 Å². The number of hydrogen-bond acceptors (Lipinski definition) is 6. The van der Waals surface area contributed by atoms with Crippen molar-refractivity contribution in [1.82, 2.24) is 15.4 Å². The van der Waals surface area contributed by atoms with Crippen LogP contribution in [0, 0.1) is 0 Å². The molecule has 2 aromatic carbocycles. The maximum absolute atomic E-state index is 5.99. The second-order valence-electron chi connectivity index (χ2n) is 8.04. The molecule has 2 aliphatic heterocycles. The van der Waals surface area contributed by atoms with Crippen LogP contribution in [0.25, 0.3) is 11.1 Å². The molecule has 1 N–H and O–H groups in total. The first-order valence-corrected chi connectivity index (χ1v) is 10.6. The molecular weight excluding hydrogens is 388 g/mol. The van der Waals surface area contributed by atoms with Gasteiger partial charge in [0, 0.05) is 50.3 Å². The molecule has 2 aliphatic rings. The van der Waals surface area contributed by atoms with Gasteiger partial charge in [0.25, 0.3) is 0 Å². The third-order valence-electron chi connectivity index (χ3n) is 5.98. The zero-order chi connectivity index (χ0) is 21.1. The summed E-state index contributed by atoms with van der Waals surface area (Å²) in [6, 6.07) is 22.8. The van der Waals surface area contributed by atoms with Crippen LogP contribution in [-0.4, -0.2) is 41.6 Å². The Hall–Kier alpha value is -3.22. The highest BCUT2D eigenvalue weighted by molar-refractivity contribution is 5.99. The Balaban J connectivity index is 1.25. The van der Waals surface area contributed by atoms with Crippen molar-refractivity contribution in [1.29, 1.82) is 0 Å². The molecule has 3 heterocycles. The first-order chi connectivity index (χ1) is 15.2. The van der Waals surface area contributed by atoms with E-state index in [4.69, 9.17) is 14.6 Å². The third kappa shape index (κ3) is 4.31. The molecule has 0 saturated carbocycles. The lowest BCUT2D eigenvalue weighted by Gasteiger charge is -2.35. The van der Waals surface area contributed by atoms with Gasteiger partial charge in [0.2, 0.25) is 5.88 Å². The summed E-state index contributed by atoms with van der Waals surface area (Å²) in [4.78, 5) is 17.6. The fourth-order valence-electron chi connectivity index (χ4n) is 4.15. The van der Waals surface area contributed by atoms with Crippen molar-refractivity contribution < 1.29 is 9.57 Å². The predicted molar refractivity (Wildman–Crippen MR) is 121 cm³/mol. The first kappa shape index (κ1) is 19.7. The van der Waals surface area contributed by atoms with Gasteiger partial charge in [-0.1, -0.05) is 54.6 Å². The Morgan fingerprint density at radius 3 is 2.45 bits per heavy atom. The summed E-state index contributed by atoms with van der Waals surface area (Å²) in [5.74, 6) is 1.41. The minimum absolute atomic E-state index is 0.459. The van der Waals surface area contributed by atoms with Crippen LogP contribution in [0.3, 0.4) is 0 Å². The van der Waals surface area contributed by atoms with E-state index in [0.717, 1.165) is 55.0 Å². The lowest BCUT2D eigenvalue weighted by Crippen LogP contribution is -2.44. The normalized spacial score (nSPS) is 17.9. The first-order valence-electron chi connectivity index (χ1n) is 10.6. The van der Waals surface area contributed by atoms with Gasteiger partial charge in [-0.25, -0.2) is 20.3 Å². The summed E-state index contributed by atoms with van der Waals surface area (Å²) < 4.78 is 5.23. The summed E-state index contributed by atoms with van der Waals surface area (Å²) in [7, 11) is 1.63. The fraction of sp³-hybridized carbons (Fsp3) is 0.280. The van der Waals surface area contributed by atoms with Crippen molar-refractivity contribution in [3.63, 3.8) is 0 Å². The Labute approximate surface area is 182 Å². The number of piperidine rings is 1. The van der Waals surface area contributed by atoms with Crippen LogP contribution in [0.1, 0.15) is 24.0 Å². The van der Waals surface area contributed by atoms with E-state index in [9.17, 15) is 0 Å². The molecule has 6 nitrogen and oxygen atoms in total. The maximum Gasteiger partial charge on any atom is 0.213 e. The van der Waals surface area contributed by atoms with Crippen LogP contribution in [0.2, 0.25) is 0 Å². The van der Waals surface area contributed by atoms with E-state index < -0.39 is 5.72 Å². The van der Waals surface area contributed by atoms with E-state index in [1.54, 1.807) is 13.3 Å². The molecule has 1 saturated heterocycles. The molecule has 1 aromatic heterocycles. The SMILES string of the molecule is COc1cc(-c2ccc(C3=NC4(CCN(Cc5ccccc5)CC4)ON3)cc2)ccn1. The molecule has 0 bridgehead atoms. The second-order valence-corrected chi connectivity index (χ2v) is 8.04. The van der Waals surface area contributed by atoms with Gasteiger partial charge in [0.1, 0.15) is 0 Å². The van der Waals surface area contributed by atoms with E-state index in [2.05, 4.69) is 70.0 Å². The molecule has 1 fully saturated rings. The molecule has 31 heavy (non-hydrogen) atoms. The van der Waals surface area contributed by atoms with Crippen LogP contribution in [0.15, 0.2) is 77.9 Å². The minimum atomic E-state index is -0.459. The summed E-state index contributed by atoms with van der Waals surface area (Å²) >= 11 is 0. The van der Waals surface area contributed by atoms with Crippen molar-refractivity contribution in [2.24, 2.45) is 4.99 Å². The smallest absolute Gasteiger partial charge is 0.213 e. The third-order valence-corrected chi connectivity index (χ3v) is 5.98. The van der Waals surface area contributed by atoms with Gasteiger partial charge in [-0.2, -0.15) is 0 Å². The van der Waals surface area contributed by atoms with Gasteiger partial charge < -0.3 is 4.74 Å². The molecule has 0 aliphatic carbocycles. The van der Waals surface area contributed by atoms with E-state index in [1.807, 2.05) is 12.1 Å². The number of hydrogen-bond donors (Lipinski definition) is 1. The number of likely N-dealkylation sites (tertiary alicyclic amines) is 1. The summed E-state index contributed by atoms with van der Waals surface area (Å²) in [5, 5.41) is 0. The van der Waals surface area contributed by atoms with Gasteiger partial charge >= 0.3 is 0 Å². The summed E-state index contributed by atoms with van der Waals surface area (Å²) in [5.41, 5.74) is 7.16. The topological polar surface area (TPSA) is 59.0 Å². The average molecular weight is 415 g/mol. The van der Waals surface area contributed by atoms with Crippen molar-refractivity contribution >= 4 is 5.84 Å². The van der Waals surface area contributed by atoms with Crippen LogP contribution in [0.4, 0.5) is 0 Å². The quantitative estimate of drug-likeness (QED) is 0.683. The Morgan fingerprint density at radius 2 is 1.71 bits per heavy atom. The standard InChI is InChI=1S/C25H26N4O2/c1-30-23-17-22(11-14-26-23)20-7-9-21(10-8-20)24-27-25(31-28-24)12-15-29(16-13-25)18-19-5-3-2-4-6-19/h2-11,14,17H,12-13,15-16,18H2,1H3,(H,27,28). The zero-order valence-corrected chi connectivity index (χ0v) is 17.6. The number of nitrogens with one attached hydrogen (secondary N) is 1. The Bertz CT molecular complexity index is 1060. The predicted octanol–water partition coefficient (Wildman–Crippen LogP) is 4.03. The second kappa shape index (κ2) is 8.49. The lowest BCUT2D eigenvalue weighted by molar-refractivity contribution is -0.0901. The van der Waals surface area contributed by atoms with E-state index in [1.165, 1.54) is 5.56 Å². The van der Waals surface area contributed by atoms with E-state index >= 15 is 0 Å². The van der Waals surface area contributed by atoms with Crippen molar-refractivity contribution in [2.75, 3.05) is 20.2 Å². The van der Waals surface area contributed by atoms with Gasteiger partial charge in [0.05, 0.1) is 7.11 Å². The highest BCUT2D eigenvalue weighted by Gasteiger charge is 2.40. The molecular formula is C25H26N4O2. The lowest BCUT2D eigenvalue weighted by atomic mass is 10.00. The number of amidine groups is 1. The Kier molecular flexibility index (Phi) is 5.40. The zero-order valence-electron chi connectivity index (χ0n) is 17.6.